The maximum Gasteiger partial charge on any atom is 0.242 e. The minimum atomic E-state index is -0.581. The quantitative estimate of drug-likeness (QED) is 0.423. The summed E-state index contributed by atoms with van der Waals surface area (Å²) in [6, 6.07) is 13.0. The number of carbonyl (C=O) groups excluding carboxylic acids is 2. The number of halogens is 1. The number of hydrogen-bond donors (Lipinski definition) is 1. The van der Waals surface area contributed by atoms with E-state index in [1.54, 1.807) is 11.8 Å². The minimum absolute atomic E-state index is 0.00502. The first-order valence-corrected chi connectivity index (χ1v) is 12.3. The SMILES string of the molecule is CCOc1ccc(CCC(=O)N(Cc2ccc(Br)cc2)[C@@H](C)C(=O)NC(C)C)cc1OCC. The van der Waals surface area contributed by atoms with Crippen molar-refractivity contribution in [2.75, 3.05) is 13.2 Å². The summed E-state index contributed by atoms with van der Waals surface area (Å²) < 4.78 is 12.3. The van der Waals surface area contributed by atoms with Crippen LogP contribution in [0.25, 0.3) is 0 Å². The van der Waals surface area contributed by atoms with Crippen LogP contribution in [0.5, 0.6) is 11.5 Å². The van der Waals surface area contributed by atoms with Gasteiger partial charge in [-0.1, -0.05) is 34.1 Å². The number of hydrogen-bond acceptors (Lipinski definition) is 4. The molecule has 0 saturated carbocycles. The summed E-state index contributed by atoms with van der Waals surface area (Å²) in [6.45, 7) is 10.9. The molecule has 33 heavy (non-hydrogen) atoms. The lowest BCUT2D eigenvalue weighted by Crippen LogP contribution is -2.49. The minimum Gasteiger partial charge on any atom is -0.490 e. The van der Waals surface area contributed by atoms with Crippen LogP contribution in [-0.2, 0) is 22.6 Å². The molecule has 6 nitrogen and oxygen atoms in total. The zero-order valence-corrected chi connectivity index (χ0v) is 21.8. The Morgan fingerprint density at radius 2 is 1.55 bits per heavy atom. The molecule has 2 rings (SSSR count). The number of ether oxygens (including phenoxy) is 2. The average molecular weight is 519 g/mol. The summed E-state index contributed by atoms with van der Waals surface area (Å²) in [4.78, 5) is 27.6. The molecular formula is C26H35BrN2O4. The van der Waals surface area contributed by atoms with E-state index in [-0.39, 0.29) is 24.3 Å². The van der Waals surface area contributed by atoms with Gasteiger partial charge >= 0.3 is 0 Å². The van der Waals surface area contributed by atoms with Crippen LogP contribution in [0.2, 0.25) is 0 Å². The number of amides is 2. The van der Waals surface area contributed by atoms with E-state index in [4.69, 9.17) is 9.47 Å². The largest absolute Gasteiger partial charge is 0.490 e. The molecule has 2 amide bonds. The first kappa shape index (κ1) is 26.7. The average Bonchev–Trinajstić information content (AvgIpc) is 2.78. The molecule has 0 unspecified atom stereocenters. The topological polar surface area (TPSA) is 67.9 Å². The standard InChI is InChI=1S/C26H35BrN2O4/c1-6-32-23-14-10-20(16-24(23)33-7-2)11-15-25(30)29(19(5)26(31)28-18(3)4)17-21-8-12-22(27)13-9-21/h8-10,12-14,16,18-19H,6-7,11,15,17H2,1-5H3,(H,28,31)/t19-/m0/s1. The van der Waals surface area contributed by atoms with Gasteiger partial charge in [0.05, 0.1) is 13.2 Å². The second-order valence-electron chi connectivity index (χ2n) is 8.13. The van der Waals surface area contributed by atoms with Gasteiger partial charge in [-0.2, -0.15) is 0 Å². The molecule has 0 aliphatic heterocycles. The van der Waals surface area contributed by atoms with Crippen molar-refractivity contribution in [3.05, 3.63) is 58.1 Å². The zero-order chi connectivity index (χ0) is 24.4. The van der Waals surface area contributed by atoms with Crippen molar-refractivity contribution in [1.82, 2.24) is 10.2 Å². The van der Waals surface area contributed by atoms with Gasteiger partial charge in [0, 0.05) is 23.5 Å². The maximum atomic E-state index is 13.3. The molecule has 180 valence electrons. The van der Waals surface area contributed by atoms with Crippen molar-refractivity contribution in [1.29, 1.82) is 0 Å². The summed E-state index contributed by atoms with van der Waals surface area (Å²) in [7, 11) is 0. The van der Waals surface area contributed by atoms with Gasteiger partial charge in [-0.3, -0.25) is 9.59 Å². The van der Waals surface area contributed by atoms with Crippen molar-refractivity contribution in [3.8, 4) is 11.5 Å². The van der Waals surface area contributed by atoms with Gasteiger partial charge in [-0.05, 0) is 76.4 Å². The van der Waals surface area contributed by atoms with Crippen LogP contribution >= 0.6 is 15.9 Å². The fourth-order valence-corrected chi connectivity index (χ4v) is 3.68. The monoisotopic (exact) mass is 518 g/mol. The second-order valence-corrected chi connectivity index (χ2v) is 9.05. The Labute approximate surface area is 205 Å². The van der Waals surface area contributed by atoms with Crippen molar-refractivity contribution in [3.63, 3.8) is 0 Å². The third-order valence-electron chi connectivity index (χ3n) is 5.10. The van der Waals surface area contributed by atoms with E-state index in [1.165, 1.54) is 0 Å². The molecule has 2 aromatic carbocycles. The first-order chi connectivity index (χ1) is 15.7. The van der Waals surface area contributed by atoms with Crippen LogP contribution in [0, 0.1) is 0 Å². The highest BCUT2D eigenvalue weighted by Crippen LogP contribution is 2.29. The molecule has 0 aliphatic rings. The lowest BCUT2D eigenvalue weighted by molar-refractivity contribution is -0.140. The van der Waals surface area contributed by atoms with Crippen molar-refractivity contribution < 1.29 is 19.1 Å². The van der Waals surface area contributed by atoms with E-state index in [9.17, 15) is 9.59 Å². The molecule has 0 spiro atoms. The van der Waals surface area contributed by atoms with Crippen LogP contribution in [0.3, 0.4) is 0 Å². The molecule has 7 heteroatoms. The number of benzene rings is 2. The summed E-state index contributed by atoms with van der Waals surface area (Å²) in [5, 5.41) is 2.92. The Kier molecular flexibility index (Phi) is 10.7. The smallest absolute Gasteiger partial charge is 0.242 e. The number of nitrogens with zero attached hydrogens (tertiary/aromatic N) is 1. The molecular weight excluding hydrogens is 484 g/mol. The molecule has 0 bridgehead atoms. The summed E-state index contributed by atoms with van der Waals surface area (Å²) in [6.07, 6.45) is 0.829. The Morgan fingerprint density at radius 1 is 0.939 bits per heavy atom. The molecule has 0 fully saturated rings. The van der Waals surface area contributed by atoms with Gasteiger partial charge in [-0.25, -0.2) is 0 Å². The van der Waals surface area contributed by atoms with Crippen LogP contribution < -0.4 is 14.8 Å². The highest BCUT2D eigenvalue weighted by molar-refractivity contribution is 9.10. The van der Waals surface area contributed by atoms with Crippen molar-refractivity contribution in [2.45, 2.75) is 66.1 Å². The highest BCUT2D eigenvalue weighted by atomic mass is 79.9. The van der Waals surface area contributed by atoms with Crippen LogP contribution in [0.1, 0.15) is 52.2 Å². The van der Waals surface area contributed by atoms with Crippen molar-refractivity contribution >= 4 is 27.7 Å². The molecule has 2 aromatic rings. The van der Waals surface area contributed by atoms with E-state index in [0.29, 0.717) is 37.7 Å². The van der Waals surface area contributed by atoms with E-state index in [2.05, 4.69) is 21.2 Å². The number of carbonyl (C=O) groups is 2. The van der Waals surface area contributed by atoms with Crippen molar-refractivity contribution in [2.24, 2.45) is 0 Å². The van der Waals surface area contributed by atoms with Gasteiger partial charge in [0.2, 0.25) is 11.8 Å². The third kappa shape index (κ3) is 8.39. The third-order valence-corrected chi connectivity index (χ3v) is 5.63. The van der Waals surface area contributed by atoms with Crippen LogP contribution in [-0.4, -0.2) is 42.0 Å². The zero-order valence-electron chi connectivity index (χ0n) is 20.2. The number of nitrogens with one attached hydrogen (secondary N) is 1. The van der Waals surface area contributed by atoms with E-state index in [1.807, 2.05) is 70.2 Å². The van der Waals surface area contributed by atoms with Gasteiger partial charge in [0.1, 0.15) is 6.04 Å². The summed E-state index contributed by atoms with van der Waals surface area (Å²) in [5.41, 5.74) is 1.95. The Bertz CT molecular complexity index is 915. The molecule has 1 N–H and O–H groups in total. The summed E-state index contributed by atoms with van der Waals surface area (Å²) in [5.74, 6) is 1.15. The second kappa shape index (κ2) is 13.2. The normalized spacial score (nSPS) is 11.7. The molecule has 0 aromatic heterocycles. The Morgan fingerprint density at radius 3 is 2.15 bits per heavy atom. The predicted octanol–water partition coefficient (Wildman–Crippen LogP) is 5.12. The van der Waals surface area contributed by atoms with E-state index < -0.39 is 6.04 Å². The number of rotatable bonds is 12. The van der Waals surface area contributed by atoms with E-state index >= 15 is 0 Å². The van der Waals surface area contributed by atoms with Gasteiger partial charge in [0.15, 0.2) is 11.5 Å². The Hall–Kier alpha value is -2.54. The lowest BCUT2D eigenvalue weighted by atomic mass is 10.1. The molecule has 0 heterocycles. The van der Waals surface area contributed by atoms with E-state index in [0.717, 1.165) is 15.6 Å². The fourth-order valence-electron chi connectivity index (χ4n) is 3.42. The van der Waals surface area contributed by atoms with Crippen LogP contribution in [0.15, 0.2) is 46.9 Å². The van der Waals surface area contributed by atoms with Gasteiger partial charge in [-0.15, -0.1) is 0 Å². The highest BCUT2D eigenvalue weighted by Gasteiger charge is 2.26. The lowest BCUT2D eigenvalue weighted by Gasteiger charge is -2.29. The van der Waals surface area contributed by atoms with Gasteiger partial charge in [0.25, 0.3) is 0 Å². The molecule has 0 radical (unpaired) electrons. The number of aryl methyl sites for hydroxylation is 1. The molecule has 0 aliphatic carbocycles. The van der Waals surface area contributed by atoms with Gasteiger partial charge < -0.3 is 19.7 Å². The maximum absolute atomic E-state index is 13.3. The summed E-state index contributed by atoms with van der Waals surface area (Å²) >= 11 is 3.44. The Balaban J connectivity index is 2.17. The molecule has 1 atom stereocenters. The first-order valence-electron chi connectivity index (χ1n) is 11.5. The predicted molar refractivity (Wildman–Crippen MR) is 135 cm³/mol. The molecule has 0 saturated heterocycles. The van der Waals surface area contributed by atoms with Crippen LogP contribution in [0.4, 0.5) is 0 Å². The fraction of sp³-hybridized carbons (Fsp3) is 0.462.